The van der Waals surface area contributed by atoms with E-state index >= 15 is 0 Å². The highest BCUT2D eigenvalue weighted by Gasteiger charge is 1.90. The van der Waals surface area contributed by atoms with Gasteiger partial charge in [0.1, 0.15) is 11.8 Å². The number of carboxylic acids is 1. The maximum Gasteiger partial charge on any atom is 0.329 e. The van der Waals surface area contributed by atoms with E-state index < -0.39 is 5.97 Å². The minimum Gasteiger partial charge on any atom is -0.480 e. The van der Waals surface area contributed by atoms with Crippen molar-refractivity contribution in [3.8, 4) is 0 Å². The third-order valence-electron chi connectivity index (χ3n) is 1.06. The summed E-state index contributed by atoms with van der Waals surface area (Å²) in [6, 6.07) is 5.41. The Morgan fingerprint density at radius 1 is 1.64 bits per heavy atom. The van der Waals surface area contributed by atoms with Gasteiger partial charge in [-0.05, 0) is 19.1 Å². The van der Waals surface area contributed by atoms with Gasteiger partial charge in [0, 0.05) is 12.8 Å². The molecule has 0 atom stereocenters. The molecule has 0 saturated carbocycles. The molecule has 14 heavy (non-hydrogen) atoms. The molecule has 1 aromatic rings. The highest BCUT2D eigenvalue weighted by molar-refractivity contribution is 6.29. The van der Waals surface area contributed by atoms with Crippen LogP contribution in [0.2, 0.25) is 5.15 Å². The monoisotopic (exact) mass is 217 g/mol. The average molecular weight is 218 g/mol. The molecule has 5 heteroatoms. The molecule has 1 rings (SSSR count). The fourth-order valence-corrected chi connectivity index (χ4v) is 0.660. The Labute approximate surface area is 87.5 Å². The van der Waals surface area contributed by atoms with Crippen molar-refractivity contribution in [2.75, 3.05) is 13.2 Å². The quantitative estimate of drug-likeness (QED) is 0.785. The SMILES string of the molecule is CCOCC(=O)O.Clc1ccccn1. The lowest BCUT2D eigenvalue weighted by Gasteiger charge is -1.90. The standard InChI is InChI=1S/C5H4ClN.C4H8O3/c6-5-3-1-2-4-7-5;1-2-7-3-4(5)6/h1-4H;2-3H2,1H3,(H,5,6). The lowest BCUT2D eigenvalue weighted by molar-refractivity contribution is -0.142. The summed E-state index contributed by atoms with van der Waals surface area (Å²) < 4.78 is 4.50. The van der Waals surface area contributed by atoms with E-state index in [2.05, 4.69) is 9.72 Å². The Bertz CT molecular complexity index is 253. The molecule has 0 amide bonds. The molecule has 0 saturated heterocycles. The van der Waals surface area contributed by atoms with Crippen LogP contribution in [-0.4, -0.2) is 29.3 Å². The van der Waals surface area contributed by atoms with Gasteiger partial charge in [0.15, 0.2) is 0 Å². The summed E-state index contributed by atoms with van der Waals surface area (Å²) in [7, 11) is 0. The first kappa shape index (κ1) is 12.9. The molecule has 0 fully saturated rings. The first-order chi connectivity index (χ1) is 6.66. The minimum absolute atomic E-state index is 0.184. The second-order valence-corrected chi connectivity index (χ2v) is 2.57. The maximum absolute atomic E-state index is 9.63. The molecule has 0 unspecified atom stereocenters. The molecule has 1 heterocycles. The summed E-state index contributed by atoms with van der Waals surface area (Å²) in [5.41, 5.74) is 0. The highest BCUT2D eigenvalue weighted by Crippen LogP contribution is 1.98. The third kappa shape index (κ3) is 8.96. The van der Waals surface area contributed by atoms with Crippen molar-refractivity contribution < 1.29 is 14.6 Å². The smallest absolute Gasteiger partial charge is 0.329 e. The lowest BCUT2D eigenvalue weighted by Crippen LogP contribution is -2.05. The third-order valence-corrected chi connectivity index (χ3v) is 1.28. The molecule has 0 aliphatic carbocycles. The molecule has 0 radical (unpaired) electrons. The molecule has 0 aliphatic rings. The molecular weight excluding hydrogens is 206 g/mol. The number of ether oxygens (including phenoxy) is 1. The largest absolute Gasteiger partial charge is 0.480 e. The number of aliphatic carboxylic acids is 1. The Morgan fingerprint density at radius 2 is 2.36 bits per heavy atom. The number of carboxylic acid groups (broad SMARTS) is 1. The van der Waals surface area contributed by atoms with Crippen molar-refractivity contribution in [3.63, 3.8) is 0 Å². The summed E-state index contributed by atoms with van der Waals surface area (Å²) in [4.78, 5) is 13.4. The molecule has 0 bridgehead atoms. The van der Waals surface area contributed by atoms with Gasteiger partial charge < -0.3 is 9.84 Å². The van der Waals surface area contributed by atoms with Crippen LogP contribution in [0, 0.1) is 0 Å². The van der Waals surface area contributed by atoms with Crippen molar-refractivity contribution in [2.24, 2.45) is 0 Å². The van der Waals surface area contributed by atoms with E-state index in [0.717, 1.165) is 0 Å². The van der Waals surface area contributed by atoms with Crippen molar-refractivity contribution in [2.45, 2.75) is 6.92 Å². The van der Waals surface area contributed by atoms with Gasteiger partial charge >= 0.3 is 5.97 Å². The van der Waals surface area contributed by atoms with E-state index in [1.807, 2.05) is 12.1 Å². The molecular formula is C9H12ClNO3. The molecule has 1 aromatic heterocycles. The van der Waals surface area contributed by atoms with Crippen molar-refractivity contribution in [1.29, 1.82) is 0 Å². The summed E-state index contributed by atoms with van der Waals surface area (Å²) in [5.74, 6) is -0.915. The normalized spacial score (nSPS) is 8.71. The Kier molecular flexibility index (Phi) is 7.78. The zero-order chi connectivity index (χ0) is 10.8. The van der Waals surface area contributed by atoms with E-state index in [1.54, 1.807) is 19.2 Å². The Morgan fingerprint density at radius 3 is 2.57 bits per heavy atom. The van der Waals surface area contributed by atoms with E-state index in [0.29, 0.717) is 11.8 Å². The van der Waals surface area contributed by atoms with Gasteiger partial charge in [-0.15, -0.1) is 0 Å². The van der Waals surface area contributed by atoms with E-state index in [1.165, 1.54) is 0 Å². The Hall–Kier alpha value is -1.13. The van der Waals surface area contributed by atoms with Gasteiger partial charge in [-0.25, -0.2) is 9.78 Å². The van der Waals surface area contributed by atoms with Crippen LogP contribution in [0.1, 0.15) is 6.92 Å². The van der Waals surface area contributed by atoms with Crippen LogP contribution in [0.15, 0.2) is 24.4 Å². The molecule has 0 aliphatic heterocycles. The van der Waals surface area contributed by atoms with E-state index in [4.69, 9.17) is 16.7 Å². The van der Waals surface area contributed by atoms with Gasteiger partial charge in [-0.1, -0.05) is 17.7 Å². The fraction of sp³-hybridized carbons (Fsp3) is 0.333. The van der Waals surface area contributed by atoms with Crippen LogP contribution < -0.4 is 0 Å². The van der Waals surface area contributed by atoms with Crippen LogP contribution in [0.5, 0.6) is 0 Å². The lowest BCUT2D eigenvalue weighted by atomic mass is 10.5. The molecule has 4 nitrogen and oxygen atoms in total. The van der Waals surface area contributed by atoms with Gasteiger partial charge in [0.25, 0.3) is 0 Å². The topological polar surface area (TPSA) is 59.4 Å². The van der Waals surface area contributed by atoms with Gasteiger partial charge in [-0.3, -0.25) is 0 Å². The molecule has 1 N–H and O–H groups in total. The number of rotatable bonds is 3. The number of pyridine rings is 1. The van der Waals surface area contributed by atoms with Gasteiger partial charge in [0.05, 0.1) is 0 Å². The second-order valence-electron chi connectivity index (χ2n) is 2.18. The van der Waals surface area contributed by atoms with Crippen LogP contribution in [0.4, 0.5) is 0 Å². The summed E-state index contributed by atoms with van der Waals surface area (Å²) in [5, 5.41) is 8.46. The second kappa shape index (κ2) is 8.47. The number of halogens is 1. The van der Waals surface area contributed by atoms with Crippen molar-refractivity contribution in [3.05, 3.63) is 29.5 Å². The van der Waals surface area contributed by atoms with Crippen LogP contribution >= 0.6 is 11.6 Å². The summed E-state index contributed by atoms with van der Waals surface area (Å²) in [6.07, 6.45) is 1.66. The number of aromatic nitrogens is 1. The first-order valence-electron chi connectivity index (χ1n) is 4.03. The zero-order valence-corrected chi connectivity index (χ0v) is 8.57. The molecule has 0 aromatic carbocycles. The van der Waals surface area contributed by atoms with Crippen molar-refractivity contribution in [1.82, 2.24) is 4.98 Å². The van der Waals surface area contributed by atoms with Crippen LogP contribution in [0.3, 0.4) is 0 Å². The summed E-state index contributed by atoms with van der Waals surface area (Å²) in [6.45, 7) is 2.03. The summed E-state index contributed by atoms with van der Waals surface area (Å²) >= 11 is 5.43. The average Bonchev–Trinajstić information content (AvgIpc) is 2.17. The van der Waals surface area contributed by atoms with Crippen molar-refractivity contribution >= 4 is 17.6 Å². The van der Waals surface area contributed by atoms with E-state index in [-0.39, 0.29) is 6.61 Å². The van der Waals surface area contributed by atoms with Crippen LogP contribution in [0.25, 0.3) is 0 Å². The maximum atomic E-state index is 9.63. The van der Waals surface area contributed by atoms with E-state index in [9.17, 15) is 4.79 Å². The highest BCUT2D eigenvalue weighted by atomic mass is 35.5. The number of carbonyl (C=O) groups is 1. The van der Waals surface area contributed by atoms with Gasteiger partial charge in [-0.2, -0.15) is 0 Å². The predicted octanol–water partition coefficient (Wildman–Crippen LogP) is 1.84. The zero-order valence-electron chi connectivity index (χ0n) is 7.81. The van der Waals surface area contributed by atoms with Crippen LogP contribution in [-0.2, 0) is 9.53 Å². The first-order valence-corrected chi connectivity index (χ1v) is 4.40. The predicted molar refractivity (Wildman–Crippen MR) is 53.4 cm³/mol. The number of hydrogen-bond donors (Lipinski definition) is 1. The molecule has 78 valence electrons. The minimum atomic E-state index is -0.915. The Balaban J connectivity index is 0.000000241. The van der Waals surface area contributed by atoms with Gasteiger partial charge in [0.2, 0.25) is 0 Å². The molecule has 0 spiro atoms. The number of hydrogen-bond acceptors (Lipinski definition) is 3. The number of nitrogens with zero attached hydrogens (tertiary/aromatic N) is 1. The fourth-order valence-electron chi connectivity index (χ4n) is 0.531.